The molecule has 1 aromatic rings. The Hall–Kier alpha value is -2.44. The summed E-state index contributed by atoms with van der Waals surface area (Å²) in [6.45, 7) is 7.37. The zero-order valence-electron chi connectivity index (χ0n) is 16.2. The third kappa shape index (κ3) is 4.43. The van der Waals surface area contributed by atoms with Crippen molar-refractivity contribution < 1.29 is 23.7 Å². The molecule has 0 saturated carbocycles. The van der Waals surface area contributed by atoms with Crippen molar-refractivity contribution in [2.24, 2.45) is 5.73 Å². The molecule has 0 saturated heterocycles. The Bertz CT molecular complexity index is 947. The fourth-order valence-electron chi connectivity index (χ4n) is 2.91. The van der Waals surface area contributed by atoms with E-state index in [9.17, 15) is 10.1 Å². The Balaban J connectivity index is 2.77. The SMILES string of the molecule is C=CCOc1c(OC)cc(C2C(C#N)=C(N)OC(C)=C2C(=O)OCC)c(Br)c1Br. The summed E-state index contributed by atoms with van der Waals surface area (Å²) in [4.78, 5) is 12.7. The zero-order valence-corrected chi connectivity index (χ0v) is 19.3. The van der Waals surface area contributed by atoms with Gasteiger partial charge >= 0.3 is 5.97 Å². The highest BCUT2D eigenvalue weighted by Crippen LogP contribution is 2.49. The smallest absolute Gasteiger partial charge is 0.338 e. The molecular formula is C20H20Br2N2O5. The van der Waals surface area contributed by atoms with E-state index in [1.54, 1.807) is 26.0 Å². The van der Waals surface area contributed by atoms with E-state index in [4.69, 9.17) is 24.7 Å². The minimum atomic E-state index is -0.819. The maximum Gasteiger partial charge on any atom is 0.338 e. The van der Waals surface area contributed by atoms with E-state index in [2.05, 4.69) is 38.4 Å². The van der Waals surface area contributed by atoms with Crippen molar-refractivity contribution >= 4 is 37.8 Å². The van der Waals surface area contributed by atoms with E-state index in [1.165, 1.54) is 7.11 Å². The van der Waals surface area contributed by atoms with E-state index in [1.807, 2.05) is 6.07 Å². The first kappa shape index (κ1) is 22.8. The number of benzene rings is 1. The molecule has 0 amide bonds. The molecule has 1 unspecified atom stereocenters. The molecular weight excluding hydrogens is 508 g/mol. The molecule has 0 bridgehead atoms. The number of nitrogens with two attached hydrogens (primary N) is 1. The molecule has 1 heterocycles. The molecule has 1 aromatic carbocycles. The van der Waals surface area contributed by atoms with Crippen LogP contribution in [0.15, 0.2) is 50.5 Å². The molecule has 1 aliphatic heterocycles. The zero-order chi connectivity index (χ0) is 21.7. The van der Waals surface area contributed by atoms with E-state index >= 15 is 0 Å². The topological polar surface area (TPSA) is 104 Å². The van der Waals surface area contributed by atoms with Crippen LogP contribution in [0.5, 0.6) is 11.5 Å². The molecule has 7 nitrogen and oxygen atoms in total. The predicted molar refractivity (Wildman–Crippen MR) is 114 cm³/mol. The number of allylic oxidation sites excluding steroid dienone is 2. The van der Waals surface area contributed by atoms with E-state index in [0.29, 0.717) is 26.0 Å². The van der Waals surface area contributed by atoms with Gasteiger partial charge in [0.15, 0.2) is 11.5 Å². The maximum atomic E-state index is 12.7. The Morgan fingerprint density at radius 1 is 1.45 bits per heavy atom. The first-order valence-corrected chi connectivity index (χ1v) is 10.2. The van der Waals surface area contributed by atoms with Crippen LogP contribution >= 0.6 is 31.9 Å². The fraction of sp³-hybridized carbons (Fsp3) is 0.300. The van der Waals surface area contributed by atoms with Crippen molar-refractivity contribution in [1.29, 1.82) is 5.26 Å². The Morgan fingerprint density at radius 3 is 2.69 bits per heavy atom. The second-order valence-electron chi connectivity index (χ2n) is 5.84. The van der Waals surface area contributed by atoms with Gasteiger partial charge in [0.25, 0.3) is 0 Å². The summed E-state index contributed by atoms with van der Waals surface area (Å²) < 4.78 is 22.9. The summed E-state index contributed by atoms with van der Waals surface area (Å²) in [6.07, 6.45) is 1.61. The normalized spacial score (nSPS) is 16.1. The molecule has 0 spiro atoms. The number of esters is 1. The van der Waals surface area contributed by atoms with E-state index in [-0.39, 0.29) is 36.0 Å². The number of methoxy groups -OCH3 is 1. The second-order valence-corrected chi connectivity index (χ2v) is 7.43. The molecule has 0 aromatic heterocycles. The molecule has 0 radical (unpaired) electrons. The number of hydrogen-bond donors (Lipinski definition) is 1. The molecule has 29 heavy (non-hydrogen) atoms. The lowest BCUT2D eigenvalue weighted by atomic mass is 9.83. The van der Waals surface area contributed by atoms with E-state index < -0.39 is 11.9 Å². The average Bonchev–Trinajstić information content (AvgIpc) is 2.68. The van der Waals surface area contributed by atoms with Crippen molar-refractivity contribution in [3.8, 4) is 17.6 Å². The third-order valence-corrected chi connectivity index (χ3v) is 6.28. The van der Waals surface area contributed by atoms with Gasteiger partial charge in [-0.1, -0.05) is 12.7 Å². The second kappa shape index (κ2) is 9.85. The molecule has 1 atom stereocenters. The van der Waals surface area contributed by atoms with Gasteiger partial charge in [-0.25, -0.2) is 4.79 Å². The number of hydrogen-bond acceptors (Lipinski definition) is 7. The van der Waals surface area contributed by atoms with Gasteiger partial charge in [0.1, 0.15) is 24.0 Å². The van der Waals surface area contributed by atoms with Crippen LogP contribution in [-0.2, 0) is 14.3 Å². The number of nitriles is 1. The van der Waals surface area contributed by atoms with Gasteiger partial charge < -0.3 is 24.7 Å². The average molecular weight is 528 g/mol. The van der Waals surface area contributed by atoms with Crippen molar-refractivity contribution in [3.63, 3.8) is 0 Å². The number of halogens is 2. The number of rotatable bonds is 7. The van der Waals surface area contributed by atoms with Crippen molar-refractivity contribution in [2.45, 2.75) is 19.8 Å². The molecule has 9 heteroatoms. The van der Waals surface area contributed by atoms with Crippen LogP contribution in [0.25, 0.3) is 0 Å². The molecule has 1 aliphatic rings. The van der Waals surface area contributed by atoms with Crippen LogP contribution in [0.3, 0.4) is 0 Å². The Morgan fingerprint density at radius 2 is 2.14 bits per heavy atom. The monoisotopic (exact) mass is 526 g/mol. The quantitative estimate of drug-likeness (QED) is 0.413. The summed E-state index contributed by atoms with van der Waals surface area (Å²) in [6, 6.07) is 3.73. The minimum Gasteiger partial charge on any atom is -0.493 e. The predicted octanol–water partition coefficient (Wildman–Crippen LogP) is 4.43. The summed E-state index contributed by atoms with van der Waals surface area (Å²) >= 11 is 7.04. The largest absolute Gasteiger partial charge is 0.493 e. The summed E-state index contributed by atoms with van der Waals surface area (Å²) in [5.41, 5.74) is 6.79. The number of ether oxygens (including phenoxy) is 4. The standard InChI is InChI=1S/C20H20Br2N2O5/c1-5-7-28-18-13(26-4)8-11(16(21)17(18)22)15-12(9-23)19(24)29-10(3)14(15)20(25)27-6-2/h5,8,15H,1,6-7,24H2,2-4H3. The lowest BCUT2D eigenvalue weighted by molar-refractivity contribution is -0.139. The van der Waals surface area contributed by atoms with Gasteiger partial charge in [0, 0.05) is 4.47 Å². The van der Waals surface area contributed by atoms with Crippen molar-refractivity contribution in [3.05, 3.63) is 56.0 Å². The third-order valence-electron chi connectivity index (χ3n) is 4.13. The Kier molecular flexibility index (Phi) is 7.76. The minimum absolute atomic E-state index is 0.0722. The molecule has 2 N–H and O–H groups in total. The van der Waals surface area contributed by atoms with Gasteiger partial charge in [-0.05, 0) is 57.3 Å². The summed E-state index contributed by atoms with van der Waals surface area (Å²) in [5.74, 6) is -0.370. The van der Waals surface area contributed by atoms with Crippen molar-refractivity contribution in [2.75, 3.05) is 20.3 Å². The van der Waals surface area contributed by atoms with Gasteiger partial charge in [-0.3, -0.25) is 0 Å². The van der Waals surface area contributed by atoms with Crippen LogP contribution in [0, 0.1) is 11.3 Å². The van der Waals surface area contributed by atoms with Crippen LogP contribution in [0.1, 0.15) is 25.3 Å². The molecule has 0 aliphatic carbocycles. The van der Waals surface area contributed by atoms with Gasteiger partial charge in [-0.2, -0.15) is 5.26 Å². The van der Waals surface area contributed by atoms with E-state index in [0.717, 1.165) is 0 Å². The summed E-state index contributed by atoms with van der Waals surface area (Å²) in [5, 5.41) is 9.73. The molecule has 154 valence electrons. The highest BCUT2D eigenvalue weighted by molar-refractivity contribution is 9.13. The number of nitrogens with zero attached hydrogens (tertiary/aromatic N) is 1. The lowest BCUT2D eigenvalue weighted by Gasteiger charge is -2.28. The highest BCUT2D eigenvalue weighted by Gasteiger charge is 2.38. The van der Waals surface area contributed by atoms with Crippen LogP contribution < -0.4 is 15.2 Å². The first-order valence-electron chi connectivity index (χ1n) is 8.57. The highest BCUT2D eigenvalue weighted by atomic mass is 79.9. The van der Waals surface area contributed by atoms with Crippen LogP contribution in [0.2, 0.25) is 0 Å². The lowest BCUT2D eigenvalue weighted by Crippen LogP contribution is -2.26. The number of carbonyl (C=O) groups is 1. The summed E-state index contributed by atoms with van der Waals surface area (Å²) in [7, 11) is 1.49. The van der Waals surface area contributed by atoms with Gasteiger partial charge in [0.05, 0.1) is 29.7 Å². The molecule has 0 fully saturated rings. The first-order chi connectivity index (χ1) is 13.8. The maximum absolute atomic E-state index is 12.7. The van der Waals surface area contributed by atoms with Crippen LogP contribution in [0.4, 0.5) is 0 Å². The van der Waals surface area contributed by atoms with Crippen molar-refractivity contribution in [1.82, 2.24) is 0 Å². The van der Waals surface area contributed by atoms with Gasteiger partial charge in [0.2, 0.25) is 5.88 Å². The Labute approximate surface area is 186 Å². The fourth-order valence-corrected chi connectivity index (χ4v) is 3.97. The van der Waals surface area contributed by atoms with Gasteiger partial charge in [-0.15, -0.1) is 0 Å². The molecule has 2 rings (SSSR count). The number of carbonyl (C=O) groups excluding carboxylic acids is 1. The van der Waals surface area contributed by atoms with Crippen LogP contribution in [-0.4, -0.2) is 26.3 Å².